The average molecular weight is 439 g/mol. The van der Waals surface area contributed by atoms with Crippen LogP contribution in [0.5, 0.6) is 0 Å². The van der Waals surface area contributed by atoms with E-state index in [-0.39, 0.29) is 5.91 Å². The first kappa shape index (κ1) is 19.6. The molecule has 1 amide bonds. The number of carbonyl (C=O) groups is 1. The third-order valence-corrected chi connectivity index (χ3v) is 5.98. The number of hydrogen-bond acceptors (Lipinski definition) is 3. The summed E-state index contributed by atoms with van der Waals surface area (Å²) < 4.78 is 0. The number of nitrogens with one attached hydrogen (secondary N) is 1. The molecule has 6 heteroatoms. The Balaban J connectivity index is 1.54. The first-order valence-electron chi connectivity index (χ1n) is 8.91. The number of aromatic nitrogens is 1. The monoisotopic (exact) mass is 438 g/mol. The molecule has 0 aliphatic heterocycles. The van der Waals surface area contributed by atoms with E-state index in [0.29, 0.717) is 21.3 Å². The minimum Gasteiger partial charge on any atom is -0.322 e. The highest BCUT2D eigenvalue weighted by atomic mass is 35.5. The summed E-state index contributed by atoms with van der Waals surface area (Å²) in [5.41, 5.74) is 4.12. The SMILES string of the molecule is Cc1sc(-c2ccccc2)nc1-c1ccc(NC(=O)c2ccc(Cl)cc2Cl)cc1. The number of hydrogen-bond donors (Lipinski definition) is 1. The van der Waals surface area contributed by atoms with E-state index in [1.165, 1.54) is 0 Å². The summed E-state index contributed by atoms with van der Waals surface area (Å²) in [6.07, 6.45) is 0. The molecule has 0 fully saturated rings. The molecule has 0 atom stereocenters. The molecule has 0 unspecified atom stereocenters. The summed E-state index contributed by atoms with van der Waals surface area (Å²) in [4.78, 5) is 18.4. The van der Waals surface area contributed by atoms with Crippen LogP contribution < -0.4 is 5.32 Å². The number of carbonyl (C=O) groups excluding carboxylic acids is 1. The number of amides is 1. The van der Waals surface area contributed by atoms with Gasteiger partial charge >= 0.3 is 0 Å². The maximum absolute atomic E-state index is 12.5. The van der Waals surface area contributed by atoms with Crippen LogP contribution in [0, 0.1) is 6.92 Å². The van der Waals surface area contributed by atoms with Crippen molar-refractivity contribution in [2.45, 2.75) is 6.92 Å². The van der Waals surface area contributed by atoms with E-state index in [1.807, 2.05) is 42.5 Å². The standard InChI is InChI=1S/C23H16Cl2N2OS/c1-14-21(27-23(29-14)16-5-3-2-4-6-16)15-7-10-18(11-8-15)26-22(28)19-12-9-17(24)13-20(19)25/h2-13H,1H3,(H,26,28). The van der Waals surface area contributed by atoms with Crippen molar-refractivity contribution in [1.29, 1.82) is 0 Å². The zero-order valence-electron chi connectivity index (χ0n) is 15.4. The van der Waals surface area contributed by atoms with Crippen LogP contribution in [0.1, 0.15) is 15.2 Å². The number of anilines is 1. The fraction of sp³-hybridized carbons (Fsp3) is 0.0435. The summed E-state index contributed by atoms with van der Waals surface area (Å²) in [5, 5.41) is 4.66. The van der Waals surface area contributed by atoms with E-state index in [4.69, 9.17) is 28.2 Å². The summed E-state index contributed by atoms with van der Waals surface area (Å²) >= 11 is 13.7. The number of halogens is 2. The molecule has 0 bridgehead atoms. The van der Waals surface area contributed by atoms with Gasteiger partial charge in [-0.2, -0.15) is 0 Å². The van der Waals surface area contributed by atoms with Crippen molar-refractivity contribution < 1.29 is 4.79 Å². The van der Waals surface area contributed by atoms with Crippen molar-refractivity contribution in [3.8, 4) is 21.8 Å². The van der Waals surface area contributed by atoms with Crippen LogP contribution >= 0.6 is 34.5 Å². The topological polar surface area (TPSA) is 42.0 Å². The molecule has 0 aliphatic rings. The fourth-order valence-electron chi connectivity index (χ4n) is 2.95. The quantitative estimate of drug-likeness (QED) is 0.361. The van der Waals surface area contributed by atoms with Gasteiger partial charge in [0.05, 0.1) is 16.3 Å². The van der Waals surface area contributed by atoms with E-state index in [0.717, 1.165) is 26.7 Å². The minimum atomic E-state index is -0.282. The highest BCUT2D eigenvalue weighted by Crippen LogP contribution is 2.33. The lowest BCUT2D eigenvalue weighted by Gasteiger charge is -2.08. The Morgan fingerprint density at radius 3 is 2.34 bits per heavy atom. The summed E-state index contributed by atoms with van der Waals surface area (Å²) in [6, 6.07) is 22.6. The number of benzene rings is 3. The maximum Gasteiger partial charge on any atom is 0.257 e. The van der Waals surface area contributed by atoms with Crippen molar-refractivity contribution in [3.05, 3.63) is 93.3 Å². The van der Waals surface area contributed by atoms with Crippen LogP contribution in [-0.4, -0.2) is 10.9 Å². The fourth-order valence-corrected chi connectivity index (χ4v) is 4.39. The molecule has 0 spiro atoms. The number of aryl methyl sites for hydroxylation is 1. The summed E-state index contributed by atoms with van der Waals surface area (Å²) in [6.45, 7) is 2.07. The Kier molecular flexibility index (Phi) is 5.67. The molecular formula is C23H16Cl2N2OS. The van der Waals surface area contributed by atoms with Crippen molar-refractivity contribution in [2.24, 2.45) is 0 Å². The molecule has 1 aromatic heterocycles. The van der Waals surface area contributed by atoms with Gasteiger partial charge in [0.2, 0.25) is 0 Å². The Morgan fingerprint density at radius 2 is 1.66 bits per heavy atom. The third kappa shape index (κ3) is 4.35. The smallest absolute Gasteiger partial charge is 0.257 e. The van der Waals surface area contributed by atoms with Crippen molar-refractivity contribution in [2.75, 3.05) is 5.32 Å². The van der Waals surface area contributed by atoms with E-state index < -0.39 is 0 Å². The number of rotatable bonds is 4. The lowest BCUT2D eigenvalue weighted by molar-refractivity contribution is 0.102. The molecule has 0 saturated carbocycles. The Morgan fingerprint density at radius 1 is 0.931 bits per heavy atom. The lowest BCUT2D eigenvalue weighted by Crippen LogP contribution is -2.12. The van der Waals surface area contributed by atoms with Crippen LogP contribution in [-0.2, 0) is 0 Å². The molecule has 4 aromatic rings. The Bertz CT molecular complexity index is 1170. The van der Waals surface area contributed by atoms with Crippen LogP contribution in [0.3, 0.4) is 0 Å². The average Bonchev–Trinajstić information content (AvgIpc) is 3.11. The lowest BCUT2D eigenvalue weighted by atomic mass is 10.1. The van der Waals surface area contributed by atoms with E-state index in [1.54, 1.807) is 29.5 Å². The van der Waals surface area contributed by atoms with Crippen molar-refractivity contribution >= 4 is 46.1 Å². The molecule has 3 nitrogen and oxygen atoms in total. The number of nitrogens with zero attached hydrogens (tertiary/aromatic N) is 1. The molecule has 0 saturated heterocycles. The van der Waals surface area contributed by atoms with Gasteiger partial charge in [0, 0.05) is 26.7 Å². The second-order valence-electron chi connectivity index (χ2n) is 6.45. The normalized spacial score (nSPS) is 10.7. The molecule has 0 aliphatic carbocycles. The molecule has 0 radical (unpaired) electrons. The zero-order chi connectivity index (χ0) is 20.4. The van der Waals surface area contributed by atoms with E-state index >= 15 is 0 Å². The van der Waals surface area contributed by atoms with Crippen molar-refractivity contribution in [1.82, 2.24) is 4.98 Å². The second kappa shape index (κ2) is 8.37. The molecular weight excluding hydrogens is 423 g/mol. The van der Waals surface area contributed by atoms with Crippen molar-refractivity contribution in [3.63, 3.8) is 0 Å². The van der Waals surface area contributed by atoms with Gasteiger partial charge < -0.3 is 5.32 Å². The zero-order valence-corrected chi connectivity index (χ0v) is 17.8. The maximum atomic E-state index is 12.5. The molecule has 3 aromatic carbocycles. The second-order valence-corrected chi connectivity index (χ2v) is 8.49. The molecule has 1 N–H and O–H groups in total. The van der Waals surface area contributed by atoms with Gasteiger partial charge in [0.15, 0.2) is 0 Å². The number of thiazole rings is 1. The Hall–Kier alpha value is -2.66. The summed E-state index contributed by atoms with van der Waals surface area (Å²) in [7, 11) is 0. The molecule has 144 valence electrons. The highest BCUT2D eigenvalue weighted by molar-refractivity contribution is 7.15. The van der Waals surface area contributed by atoms with Gasteiger partial charge in [-0.1, -0.05) is 65.7 Å². The Labute approximate surface area is 183 Å². The third-order valence-electron chi connectivity index (χ3n) is 4.41. The van der Waals surface area contributed by atoms with Crippen LogP contribution in [0.15, 0.2) is 72.8 Å². The first-order valence-corrected chi connectivity index (χ1v) is 10.5. The molecule has 29 heavy (non-hydrogen) atoms. The van der Waals surface area contributed by atoms with Gasteiger partial charge in [-0.3, -0.25) is 4.79 Å². The van der Waals surface area contributed by atoms with Gasteiger partial charge in [-0.25, -0.2) is 4.98 Å². The largest absolute Gasteiger partial charge is 0.322 e. The van der Waals surface area contributed by atoms with Crippen LogP contribution in [0.2, 0.25) is 10.0 Å². The van der Waals surface area contributed by atoms with Gasteiger partial charge in [0.25, 0.3) is 5.91 Å². The molecule has 4 rings (SSSR count). The van der Waals surface area contributed by atoms with Gasteiger partial charge in [0.1, 0.15) is 5.01 Å². The van der Waals surface area contributed by atoms with E-state index in [9.17, 15) is 4.79 Å². The highest BCUT2D eigenvalue weighted by Gasteiger charge is 2.13. The molecule has 1 heterocycles. The summed E-state index contributed by atoms with van der Waals surface area (Å²) in [5.74, 6) is -0.282. The first-order chi connectivity index (χ1) is 14.0. The van der Waals surface area contributed by atoms with Crippen LogP contribution in [0.25, 0.3) is 21.8 Å². The van der Waals surface area contributed by atoms with Gasteiger partial charge in [-0.05, 0) is 37.3 Å². The van der Waals surface area contributed by atoms with Crippen LogP contribution in [0.4, 0.5) is 5.69 Å². The minimum absolute atomic E-state index is 0.282. The van der Waals surface area contributed by atoms with E-state index in [2.05, 4.69) is 24.4 Å². The predicted octanol–water partition coefficient (Wildman–Crippen LogP) is 7.34. The van der Waals surface area contributed by atoms with Gasteiger partial charge in [-0.15, -0.1) is 11.3 Å². The predicted molar refractivity (Wildman–Crippen MR) is 122 cm³/mol.